The normalized spacial score (nSPS) is 17.6. The first-order valence-electron chi connectivity index (χ1n) is 10.1. The number of halogens is 1. The van der Waals surface area contributed by atoms with Crippen molar-refractivity contribution in [1.29, 1.82) is 0 Å². The zero-order valence-corrected chi connectivity index (χ0v) is 17.4. The van der Waals surface area contributed by atoms with Crippen molar-refractivity contribution in [2.75, 3.05) is 17.8 Å². The molecule has 29 heavy (non-hydrogen) atoms. The molecule has 1 aliphatic heterocycles. The van der Waals surface area contributed by atoms with Crippen molar-refractivity contribution < 1.29 is 17.6 Å². The van der Waals surface area contributed by atoms with E-state index in [2.05, 4.69) is 11.6 Å². The van der Waals surface area contributed by atoms with Crippen LogP contribution in [-0.4, -0.2) is 32.3 Å². The predicted molar refractivity (Wildman–Crippen MR) is 112 cm³/mol. The van der Waals surface area contributed by atoms with Gasteiger partial charge in [-0.3, -0.25) is 9.52 Å². The van der Waals surface area contributed by atoms with Gasteiger partial charge in [0.2, 0.25) is 0 Å². The summed E-state index contributed by atoms with van der Waals surface area (Å²) in [5, 5.41) is 0. The quantitative estimate of drug-likeness (QED) is 0.741. The molecular formula is C22H27FN2O3S. The van der Waals surface area contributed by atoms with E-state index in [4.69, 9.17) is 0 Å². The maximum absolute atomic E-state index is 13.7. The summed E-state index contributed by atoms with van der Waals surface area (Å²) in [4.78, 5) is 14.7. The number of anilines is 1. The molecule has 0 aliphatic carbocycles. The molecule has 0 saturated carbocycles. The molecule has 1 fully saturated rings. The van der Waals surface area contributed by atoms with Crippen molar-refractivity contribution in [3.8, 4) is 0 Å². The molecule has 1 unspecified atom stereocenters. The number of amides is 1. The summed E-state index contributed by atoms with van der Waals surface area (Å²) in [6.07, 6.45) is 5.52. The minimum atomic E-state index is -3.94. The van der Waals surface area contributed by atoms with Crippen LogP contribution < -0.4 is 4.72 Å². The van der Waals surface area contributed by atoms with Gasteiger partial charge in [-0.05, 0) is 61.6 Å². The molecule has 0 bridgehead atoms. The van der Waals surface area contributed by atoms with E-state index in [0.29, 0.717) is 11.5 Å². The van der Waals surface area contributed by atoms with Crippen LogP contribution in [0.1, 0.15) is 49.4 Å². The van der Waals surface area contributed by atoms with Crippen LogP contribution in [0, 0.1) is 11.7 Å². The first-order valence-corrected chi connectivity index (χ1v) is 11.6. The molecule has 1 atom stereocenters. The summed E-state index contributed by atoms with van der Waals surface area (Å²) in [7, 11) is -3.94. The van der Waals surface area contributed by atoms with Crippen molar-refractivity contribution in [2.45, 2.75) is 43.9 Å². The number of carbonyl (C=O) groups excluding carboxylic acids is 1. The van der Waals surface area contributed by atoms with Crippen LogP contribution in [0.15, 0.2) is 53.4 Å². The molecular weight excluding hydrogens is 391 g/mol. The Kier molecular flexibility index (Phi) is 6.90. The lowest BCUT2D eigenvalue weighted by atomic mass is 9.96. The Hall–Kier alpha value is -2.41. The second-order valence-corrected chi connectivity index (χ2v) is 9.17. The molecule has 156 valence electrons. The average molecular weight is 419 g/mol. The maximum Gasteiger partial charge on any atom is 0.261 e. The number of carbonyl (C=O) groups is 1. The zero-order chi connectivity index (χ0) is 20.9. The fourth-order valence-corrected chi connectivity index (χ4v) is 4.84. The highest BCUT2D eigenvalue weighted by Crippen LogP contribution is 2.24. The number of sulfonamides is 1. The fraction of sp³-hybridized carbons (Fsp3) is 0.409. The van der Waals surface area contributed by atoms with Gasteiger partial charge in [0, 0.05) is 18.7 Å². The highest BCUT2D eigenvalue weighted by atomic mass is 32.2. The van der Waals surface area contributed by atoms with Gasteiger partial charge in [0.05, 0.1) is 10.6 Å². The first kappa shape index (κ1) is 21.3. The summed E-state index contributed by atoms with van der Waals surface area (Å²) in [6.45, 7) is 3.65. The molecule has 3 rings (SSSR count). The van der Waals surface area contributed by atoms with Gasteiger partial charge in [0.25, 0.3) is 15.9 Å². The Morgan fingerprint density at radius 1 is 1.10 bits per heavy atom. The van der Waals surface area contributed by atoms with Crippen LogP contribution in [0.25, 0.3) is 0 Å². The molecule has 1 saturated heterocycles. The third-order valence-corrected chi connectivity index (χ3v) is 6.74. The molecule has 1 N–H and O–H groups in total. The van der Waals surface area contributed by atoms with Crippen molar-refractivity contribution in [2.24, 2.45) is 5.92 Å². The molecule has 5 nitrogen and oxygen atoms in total. The number of hydrogen-bond donors (Lipinski definition) is 1. The molecule has 1 amide bonds. The molecule has 7 heteroatoms. The number of likely N-dealkylation sites (tertiary alicyclic amines) is 1. The minimum absolute atomic E-state index is 0.0174. The summed E-state index contributed by atoms with van der Waals surface area (Å²) >= 11 is 0. The maximum atomic E-state index is 13.7. The van der Waals surface area contributed by atoms with Gasteiger partial charge >= 0.3 is 0 Å². The summed E-state index contributed by atoms with van der Waals surface area (Å²) < 4.78 is 41.0. The van der Waals surface area contributed by atoms with E-state index in [1.165, 1.54) is 48.9 Å². The number of rotatable bonds is 6. The lowest BCUT2D eigenvalue weighted by Crippen LogP contribution is -2.32. The van der Waals surface area contributed by atoms with Gasteiger partial charge in [-0.1, -0.05) is 31.9 Å². The molecule has 0 spiro atoms. The van der Waals surface area contributed by atoms with Crippen molar-refractivity contribution in [3.63, 3.8) is 0 Å². The standard InChI is InChI=1S/C22H27FN2O3S/c1-2-6-17-7-5-15-25(16-14-17)22(26)18-10-12-19(13-11-18)29(27,28)24-21-9-4-3-8-20(21)23/h3-4,8-13,17,24H,2,5-7,14-16H2,1H3. The van der Waals surface area contributed by atoms with Gasteiger partial charge in [-0.2, -0.15) is 0 Å². The molecule has 2 aromatic carbocycles. The van der Waals surface area contributed by atoms with Crippen LogP contribution in [0.4, 0.5) is 10.1 Å². The number of benzene rings is 2. The Labute approximate surface area is 172 Å². The fourth-order valence-electron chi connectivity index (χ4n) is 3.77. The minimum Gasteiger partial charge on any atom is -0.339 e. The second kappa shape index (κ2) is 9.39. The molecule has 0 radical (unpaired) electrons. The Morgan fingerprint density at radius 2 is 1.83 bits per heavy atom. The molecule has 1 aliphatic rings. The first-order chi connectivity index (χ1) is 13.9. The number of hydrogen-bond acceptors (Lipinski definition) is 3. The van der Waals surface area contributed by atoms with Crippen molar-refractivity contribution >= 4 is 21.6 Å². The van der Waals surface area contributed by atoms with E-state index in [-0.39, 0.29) is 16.5 Å². The predicted octanol–water partition coefficient (Wildman–Crippen LogP) is 4.67. The second-order valence-electron chi connectivity index (χ2n) is 7.49. The van der Waals surface area contributed by atoms with Crippen molar-refractivity contribution in [3.05, 3.63) is 59.9 Å². The number of nitrogens with zero attached hydrogens (tertiary/aromatic N) is 1. The third kappa shape index (κ3) is 5.35. The Balaban J connectivity index is 1.69. The van der Waals surface area contributed by atoms with E-state index in [0.717, 1.165) is 38.8 Å². The summed E-state index contributed by atoms with van der Waals surface area (Å²) in [5.41, 5.74) is 0.350. The van der Waals surface area contributed by atoms with Crippen LogP contribution >= 0.6 is 0 Å². The van der Waals surface area contributed by atoms with Gasteiger partial charge in [-0.15, -0.1) is 0 Å². The summed E-state index contributed by atoms with van der Waals surface area (Å²) in [6, 6.07) is 11.4. The number of nitrogens with one attached hydrogen (secondary N) is 1. The number of para-hydroxylation sites is 1. The van der Waals surface area contributed by atoms with Gasteiger partial charge in [0.1, 0.15) is 5.82 Å². The van der Waals surface area contributed by atoms with E-state index < -0.39 is 15.8 Å². The van der Waals surface area contributed by atoms with Crippen LogP contribution in [0.3, 0.4) is 0 Å². The monoisotopic (exact) mass is 418 g/mol. The zero-order valence-electron chi connectivity index (χ0n) is 16.6. The van der Waals surface area contributed by atoms with Crippen LogP contribution in [0.2, 0.25) is 0 Å². The largest absolute Gasteiger partial charge is 0.339 e. The molecule has 0 aromatic heterocycles. The van der Waals surface area contributed by atoms with E-state index in [1.54, 1.807) is 6.07 Å². The van der Waals surface area contributed by atoms with E-state index >= 15 is 0 Å². The summed E-state index contributed by atoms with van der Waals surface area (Å²) in [5.74, 6) is -0.0478. The lowest BCUT2D eigenvalue weighted by molar-refractivity contribution is 0.0759. The molecule has 1 heterocycles. The Bertz CT molecular complexity index is 945. The van der Waals surface area contributed by atoms with E-state index in [9.17, 15) is 17.6 Å². The van der Waals surface area contributed by atoms with Gasteiger partial charge in [-0.25, -0.2) is 12.8 Å². The lowest BCUT2D eigenvalue weighted by Gasteiger charge is -2.21. The highest BCUT2D eigenvalue weighted by Gasteiger charge is 2.22. The topological polar surface area (TPSA) is 66.5 Å². The van der Waals surface area contributed by atoms with E-state index in [1.807, 2.05) is 4.90 Å². The average Bonchev–Trinajstić information content (AvgIpc) is 2.95. The SMILES string of the molecule is CCCC1CCCN(C(=O)c2ccc(S(=O)(=O)Nc3ccccc3F)cc2)CC1. The van der Waals surface area contributed by atoms with Gasteiger partial charge < -0.3 is 4.90 Å². The highest BCUT2D eigenvalue weighted by molar-refractivity contribution is 7.92. The van der Waals surface area contributed by atoms with Crippen LogP contribution in [0.5, 0.6) is 0 Å². The Morgan fingerprint density at radius 3 is 2.52 bits per heavy atom. The third-order valence-electron chi connectivity index (χ3n) is 5.36. The molecule has 2 aromatic rings. The van der Waals surface area contributed by atoms with Crippen molar-refractivity contribution in [1.82, 2.24) is 4.90 Å². The van der Waals surface area contributed by atoms with Crippen LogP contribution in [-0.2, 0) is 10.0 Å². The van der Waals surface area contributed by atoms with Gasteiger partial charge in [0.15, 0.2) is 0 Å². The smallest absolute Gasteiger partial charge is 0.261 e.